The number of carbonyl (C=O) groups is 2. The zero-order chi connectivity index (χ0) is 23.5. The molecule has 0 saturated carbocycles. The first-order valence-corrected chi connectivity index (χ1v) is 10.2. The summed E-state index contributed by atoms with van der Waals surface area (Å²) in [5, 5.41) is 6.86. The molecular weight excluding hydrogens is 464 g/mol. The Balaban J connectivity index is 1.45. The highest BCUT2D eigenvalue weighted by molar-refractivity contribution is 7.15. The molecule has 174 valence electrons. The molecule has 0 spiro atoms. The number of hydrogen-bond donors (Lipinski definition) is 1. The van der Waals surface area contributed by atoms with Crippen LogP contribution in [0.5, 0.6) is 0 Å². The van der Waals surface area contributed by atoms with Crippen LogP contribution in [0.15, 0.2) is 24.3 Å². The Bertz CT molecular complexity index is 969. The zero-order valence-electron chi connectivity index (χ0n) is 16.3. The lowest BCUT2D eigenvalue weighted by molar-refractivity contribution is -0.138. The second-order valence-corrected chi connectivity index (χ2v) is 7.85. The molecule has 2 heterocycles. The van der Waals surface area contributed by atoms with E-state index >= 15 is 0 Å². The van der Waals surface area contributed by atoms with E-state index in [1.807, 2.05) is 0 Å². The molecule has 1 aromatic carbocycles. The van der Waals surface area contributed by atoms with E-state index in [0.717, 1.165) is 12.1 Å². The number of nitrogens with zero attached hydrogens (tertiary/aromatic N) is 4. The Morgan fingerprint density at radius 1 is 0.969 bits per heavy atom. The van der Waals surface area contributed by atoms with E-state index in [1.54, 1.807) is 11.0 Å². The number of halogens is 6. The molecule has 32 heavy (non-hydrogen) atoms. The second-order valence-electron chi connectivity index (χ2n) is 6.87. The highest BCUT2D eigenvalue weighted by Crippen LogP contribution is 2.33. The van der Waals surface area contributed by atoms with Crippen molar-refractivity contribution in [3.63, 3.8) is 0 Å². The minimum atomic E-state index is -4.66. The maximum atomic E-state index is 12.9. The van der Waals surface area contributed by atoms with Crippen LogP contribution in [0.4, 0.5) is 37.2 Å². The van der Waals surface area contributed by atoms with E-state index in [-0.39, 0.29) is 48.3 Å². The van der Waals surface area contributed by atoms with Crippen LogP contribution in [0, 0.1) is 0 Å². The molecule has 0 atom stereocenters. The molecule has 1 aromatic heterocycles. The van der Waals surface area contributed by atoms with Crippen molar-refractivity contribution in [3.8, 4) is 0 Å². The molecular formula is C18H17F6N5O2S. The fraction of sp³-hybridized carbons (Fsp3) is 0.444. The molecule has 1 aliphatic heterocycles. The van der Waals surface area contributed by atoms with Gasteiger partial charge in [0.2, 0.25) is 22.0 Å². The summed E-state index contributed by atoms with van der Waals surface area (Å²) in [6.07, 6.45) is -9.53. The summed E-state index contributed by atoms with van der Waals surface area (Å²) in [5.41, 5.74) is -0.348. The molecule has 3 rings (SSSR count). The van der Waals surface area contributed by atoms with Crippen LogP contribution < -0.4 is 10.2 Å². The maximum Gasteiger partial charge on any atom is 0.445 e. The van der Waals surface area contributed by atoms with Gasteiger partial charge in [-0.3, -0.25) is 9.59 Å². The molecule has 1 aliphatic rings. The Kier molecular flexibility index (Phi) is 6.91. The summed E-state index contributed by atoms with van der Waals surface area (Å²) in [6, 6.07) is 4.93. The summed E-state index contributed by atoms with van der Waals surface area (Å²) in [6.45, 7) is 1.18. The lowest BCUT2D eigenvalue weighted by atomic mass is 10.1. The first-order chi connectivity index (χ1) is 14.9. The van der Waals surface area contributed by atoms with Crippen molar-refractivity contribution in [2.24, 2.45) is 0 Å². The van der Waals surface area contributed by atoms with Crippen LogP contribution >= 0.6 is 11.3 Å². The number of anilines is 2. The summed E-state index contributed by atoms with van der Waals surface area (Å²) in [5.74, 6) is -1.01. The Hall–Kier alpha value is -2.90. The smallest absolute Gasteiger partial charge is 0.368 e. The zero-order valence-corrected chi connectivity index (χ0v) is 17.1. The first kappa shape index (κ1) is 23.8. The van der Waals surface area contributed by atoms with Crippen molar-refractivity contribution in [1.82, 2.24) is 15.1 Å². The maximum absolute atomic E-state index is 12.9. The van der Waals surface area contributed by atoms with Crippen molar-refractivity contribution >= 4 is 34.0 Å². The SMILES string of the molecule is O=C(CCC(=O)N1CCN(c2cccc(C(F)(F)F)c2)CC1)Nc1nnc(C(F)(F)F)s1. The minimum absolute atomic E-state index is 0.166. The van der Waals surface area contributed by atoms with Gasteiger partial charge in [-0.2, -0.15) is 26.3 Å². The summed E-state index contributed by atoms with van der Waals surface area (Å²) in [7, 11) is 0. The number of hydrogen-bond acceptors (Lipinski definition) is 6. The number of alkyl halides is 6. The summed E-state index contributed by atoms with van der Waals surface area (Å²) in [4.78, 5) is 27.4. The Morgan fingerprint density at radius 2 is 1.66 bits per heavy atom. The number of aromatic nitrogens is 2. The van der Waals surface area contributed by atoms with E-state index in [0.29, 0.717) is 18.8 Å². The van der Waals surface area contributed by atoms with Gasteiger partial charge >= 0.3 is 12.4 Å². The van der Waals surface area contributed by atoms with Crippen molar-refractivity contribution in [3.05, 3.63) is 34.8 Å². The van der Waals surface area contributed by atoms with Gasteiger partial charge in [-0.15, -0.1) is 10.2 Å². The van der Waals surface area contributed by atoms with Crippen LogP contribution in [0.3, 0.4) is 0 Å². The third-order valence-corrected chi connectivity index (χ3v) is 5.53. The number of carbonyl (C=O) groups excluding carboxylic acids is 2. The Morgan fingerprint density at radius 3 is 2.25 bits per heavy atom. The molecule has 2 amide bonds. The van der Waals surface area contributed by atoms with Gasteiger partial charge in [0.15, 0.2) is 0 Å². The molecule has 1 N–H and O–H groups in total. The second kappa shape index (κ2) is 9.30. The van der Waals surface area contributed by atoms with Crippen molar-refractivity contribution in [1.29, 1.82) is 0 Å². The molecule has 7 nitrogen and oxygen atoms in total. The van der Waals surface area contributed by atoms with Gasteiger partial charge in [0.25, 0.3) is 0 Å². The fourth-order valence-corrected chi connectivity index (χ4v) is 3.67. The van der Waals surface area contributed by atoms with Crippen LogP contribution in [0.1, 0.15) is 23.4 Å². The van der Waals surface area contributed by atoms with Crippen molar-refractivity contribution < 1.29 is 35.9 Å². The summed E-state index contributed by atoms with van der Waals surface area (Å²) < 4.78 is 76.1. The van der Waals surface area contributed by atoms with Crippen molar-refractivity contribution in [2.75, 3.05) is 36.4 Å². The molecule has 14 heteroatoms. The van der Waals surface area contributed by atoms with Gasteiger partial charge in [-0.25, -0.2) is 0 Å². The predicted octanol–water partition coefficient (Wildman–Crippen LogP) is 3.64. The monoisotopic (exact) mass is 481 g/mol. The molecule has 0 unspecified atom stereocenters. The van der Waals surface area contributed by atoms with Gasteiger partial charge < -0.3 is 15.1 Å². The normalized spacial score (nSPS) is 15.1. The largest absolute Gasteiger partial charge is 0.445 e. The number of piperazine rings is 1. The average molecular weight is 481 g/mol. The first-order valence-electron chi connectivity index (χ1n) is 9.34. The van der Waals surface area contributed by atoms with Gasteiger partial charge in [-0.1, -0.05) is 17.4 Å². The molecule has 1 saturated heterocycles. The average Bonchev–Trinajstić information content (AvgIpc) is 3.20. The van der Waals surface area contributed by atoms with Crippen LogP contribution in [-0.2, 0) is 21.9 Å². The number of benzene rings is 1. The summed E-state index contributed by atoms with van der Waals surface area (Å²) >= 11 is 0.181. The third-order valence-electron chi connectivity index (χ3n) is 4.65. The molecule has 1 fully saturated rings. The van der Waals surface area contributed by atoms with E-state index in [9.17, 15) is 35.9 Å². The Labute approximate surface area is 182 Å². The molecule has 0 radical (unpaired) electrons. The van der Waals surface area contributed by atoms with Gasteiger partial charge in [0, 0.05) is 44.7 Å². The highest BCUT2D eigenvalue weighted by atomic mass is 32.1. The van der Waals surface area contributed by atoms with E-state index in [1.165, 1.54) is 11.0 Å². The van der Waals surface area contributed by atoms with E-state index in [4.69, 9.17) is 0 Å². The topological polar surface area (TPSA) is 78.4 Å². The predicted molar refractivity (Wildman–Crippen MR) is 103 cm³/mol. The van der Waals surface area contributed by atoms with Gasteiger partial charge in [0.1, 0.15) is 0 Å². The quantitative estimate of drug-likeness (QED) is 0.660. The van der Waals surface area contributed by atoms with E-state index in [2.05, 4.69) is 15.5 Å². The van der Waals surface area contributed by atoms with E-state index < -0.39 is 28.8 Å². The standard InChI is InChI=1S/C18H17F6N5O2S/c19-17(20,21)11-2-1-3-12(10-11)28-6-8-29(9-7-28)14(31)5-4-13(30)25-16-27-26-15(32-16)18(22,23)24/h1-3,10H,4-9H2,(H,25,27,30). The molecule has 0 bridgehead atoms. The van der Waals surface area contributed by atoms with Crippen LogP contribution in [-0.4, -0.2) is 53.1 Å². The lowest BCUT2D eigenvalue weighted by Crippen LogP contribution is -2.48. The minimum Gasteiger partial charge on any atom is -0.368 e. The lowest BCUT2D eigenvalue weighted by Gasteiger charge is -2.36. The van der Waals surface area contributed by atoms with Gasteiger partial charge in [0.05, 0.1) is 5.56 Å². The van der Waals surface area contributed by atoms with Crippen LogP contribution in [0.2, 0.25) is 0 Å². The number of amides is 2. The fourth-order valence-electron chi connectivity index (χ4n) is 3.04. The third kappa shape index (κ3) is 6.08. The van der Waals surface area contributed by atoms with Crippen molar-refractivity contribution in [2.45, 2.75) is 25.2 Å². The number of rotatable bonds is 5. The molecule has 2 aromatic rings. The highest BCUT2D eigenvalue weighted by Gasteiger charge is 2.36. The van der Waals surface area contributed by atoms with Gasteiger partial charge in [-0.05, 0) is 18.2 Å². The van der Waals surface area contributed by atoms with Crippen LogP contribution in [0.25, 0.3) is 0 Å². The number of nitrogens with one attached hydrogen (secondary N) is 1. The molecule has 0 aliphatic carbocycles.